The van der Waals surface area contributed by atoms with Crippen molar-refractivity contribution in [3.8, 4) is 57.2 Å². The Hall–Kier alpha value is -9.02. The molecule has 8 rings (SSSR count). The first-order valence-electron chi connectivity index (χ1n) is 35.7. The molecule has 0 radical (unpaired) electrons. The molecule has 4 atom stereocenters. The molecule has 0 fully saturated rings. The Morgan fingerprint density at radius 3 is 0.667 bits per heavy atom. The lowest BCUT2D eigenvalue weighted by Gasteiger charge is -2.20. The van der Waals surface area contributed by atoms with Crippen LogP contribution in [0.1, 0.15) is 214 Å². The van der Waals surface area contributed by atoms with Gasteiger partial charge in [0.15, 0.2) is 0 Å². The van der Waals surface area contributed by atoms with E-state index < -0.39 is 0 Å². The summed E-state index contributed by atoms with van der Waals surface area (Å²) < 4.78 is 27.3. The summed E-state index contributed by atoms with van der Waals surface area (Å²) in [6.07, 6.45) is 49.8. The summed E-state index contributed by atoms with van der Waals surface area (Å²) in [4.78, 5) is 28.6. The normalized spacial score (nSPS) is 13.0. The molecule has 10 nitrogen and oxygen atoms in total. The van der Waals surface area contributed by atoms with Crippen LogP contribution in [0.2, 0.25) is 0 Å². The van der Waals surface area contributed by atoms with Gasteiger partial charge in [-0.15, -0.1) is 0 Å². The van der Waals surface area contributed by atoms with Crippen LogP contribution in [0.4, 0.5) is 0 Å². The van der Waals surface area contributed by atoms with Crippen LogP contribution < -0.4 is 18.9 Å². The van der Waals surface area contributed by atoms with E-state index in [0.29, 0.717) is 50.1 Å². The Balaban J connectivity index is 1.05. The van der Waals surface area contributed by atoms with Gasteiger partial charge in [-0.2, -0.15) is 0 Å². The zero-order chi connectivity index (χ0) is 67.7. The second kappa shape index (κ2) is 39.8. The summed E-state index contributed by atoms with van der Waals surface area (Å²) >= 11 is 0. The van der Waals surface area contributed by atoms with Crippen molar-refractivity contribution in [2.75, 3.05) is 26.4 Å². The summed E-state index contributed by atoms with van der Waals surface area (Å²) in [5.74, 6) is 5.08. The van der Waals surface area contributed by atoms with E-state index >= 15 is 0 Å². The van der Waals surface area contributed by atoms with Crippen molar-refractivity contribution in [2.24, 2.45) is 23.7 Å². The van der Waals surface area contributed by atoms with Gasteiger partial charge in [0.2, 0.25) is 0 Å². The van der Waals surface area contributed by atoms with E-state index in [1.165, 1.54) is 25.7 Å². The molecule has 0 bridgehead atoms. The van der Waals surface area contributed by atoms with Crippen molar-refractivity contribution < 1.29 is 18.9 Å². The summed E-state index contributed by atoms with van der Waals surface area (Å²) in [5, 5.41) is 0. The third-order valence-corrected chi connectivity index (χ3v) is 18.2. The molecule has 0 aliphatic carbocycles. The third-order valence-electron chi connectivity index (χ3n) is 18.2. The largest absolute Gasteiger partial charge is 0.493 e. The molecule has 0 saturated carbocycles. The molecule has 0 aliphatic heterocycles. The Kier molecular flexibility index (Phi) is 30.1. The van der Waals surface area contributed by atoms with Crippen LogP contribution in [0.5, 0.6) is 23.0 Å². The number of hydrogen-bond donors (Lipinski definition) is 0. The van der Waals surface area contributed by atoms with E-state index in [-0.39, 0.29) is 0 Å². The molecule has 0 aliphatic rings. The number of rotatable bonds is 41. The average molecular weight is 1290 g/mol. The highest BCUT2D eigenvalue weighted by Crippen LogP contribution is 2.37. The Labute approximate surface area is 575 Å². The van der Waals surface area contributed by atoms with Crippen molar-refractivity contribution in [3.05, 3.63) is 203 Å². The smallest absolute Gasteiger partial charge is 0.127 e. The van der Waals surface area contributed by atoms with Gasteiger partial charge in [0.05, 0.1) is 60.6 Å². The van der Waals surface area contributed by atoms with Crippen LogP contribution in [0.3, 0.4) is 0 Å². The maximum absolute atomic E-state index is 6.84. The van der Waals surface area contributed by atoms with Crippen LogP contribution in [0.25, 0.3) is 94.9 Å². The predicted molar refractivity (Wildman–Crippen MR) is 406 cm³/mol. The minimum absolute atomic E-state index is 0.452. The van der Waals surface area contributed by atoms with Crippen LogP contribution in [0.15, 0.2) is 147 Å². The highest BCUT2D eigenvalue weighted by molar-refractivity contribution is 5.81. The molecule has 6 heterocycles. The third kappa shape index (κ3) is 22.6. The van der Waals surface area contributed by atoms with Crippen molar-refractivity contribution >= 4 is 60.8 Å². The van der Waals surface area contributed by atoms with Gasteiger partial charge in [0.25, 0.3) is 0 Å². The molecule has 96 heavy (non-hydrogen) atoms. The quantitative estimate of drug-likeness (QED) is 0.0367. The molecule has 0 saturated heterocycles. The fourth-order valence-electron chi connectivity index (χ4n) is 11.3. The summed E-state index contributed by atoms with van der Waals surface area (Å²) in [6, 6.07) is 33.0. The molecule has 10 heteroatoms. The van der Waals surface area contributed by atoms with Gasteiger partial charge in [-0.05, 0) is 143 Å². The van der Waals surface area contributed by atoms with Gasteiger partial charge in [-0.1, -0.05) is 243 Å². The van der Waals surface area contributed by atoms with E-state index in [2.05, 4.69) is 176 Å². The lowest BCUT2D eigenvalue weighted by atomic mass is 10.00. The number of pyridine rings is 6. The zero-order valence-electron chi connectivity index (χ0n) is 58.7. The SMILES string of the molecule is C=Cc1ccc(-c2ccc(/C=C/c3cc(OCC(CC)CCCC)c(/C=C/c4ccc(-c5ccc(/C=C/c6cc(OCC(CC)CCCC)c(/C=C/c7ccc(-c8ccc(C=C)cn8)nc7)cc6OCC(CC)CCCC)cn5)nc4)cc3OCC(CC)CCCC)cn2)nc1. The van der Waals surface area contributed by atoms with Gasteiger partial charge >= 0.3 is 0 Å². The number of hydrogen-bond acceptors (Lipinski definition) is 10. The molecule has 4 unspecified atom stereocenters. The summed E-state index contributed by atoms with van der Waals surface area (Å²) in [7, 11) is 0. The summed E-state index contributed by atoms with van der Waals surface area (Å²) in [6.45, 7) is 28.3. The van der Waals surface area contributed by atoms with Crippen LogP contribution >= 0.6 is 0 Å². The van der Waals surface area contributed by atoms with E-state index in [1.54, 1.807) is 12.2 Å². The molecule has 502 valence electrons. The Morgan fingerprint density at radius 1 is 0.292 bits per heavy atom. The lowest BCUT2D eigenvalue weighted by Crippen LogP contribution is -2.13. The van der Waals surface area contributed by atoms with Crippen LogP contribution in [0, 0.1) is 23.7 Å². The second-order valence-electron chi connectivity index (χ2n) is 25.4. The number of ether oxygens (including phenoxy) is 4. The summed E-state index contributed by atoms with van der Waals surface area (Å²) in [5.41, 5.74) is 14.4. The number of benzene rings is 2. The lowest BCUT2D eigenvalue weighted by molar-refractivity contribution is 0.227. The Bertz CT molecular complexity index is 3490. The van der Waals surface area contributed by atoms with E-state index in [0.717, 1.165) is 190 Å². The highest BCUT2D eigenvalue weighted by Gasteiger charge is 2.18. The van der Waals surface area contributed by atoms with E-state index in [1.807, 2.05) is 85.7 Å². The topological polar surface area (TPSA) is 114 Å². The standard InChI is InChI=1S/C86H104N6O4/c1-11-21-25-65(17-7)59-93-83-51-75(85(95-61-67(19-9)27-23-13-3)49-73(83)39-29-69-35-45-79(89-55-69)77-43-33-63(15-5)53-87-77)41-31-71-37-47-81(91-57-71)82-48-38-72(58-92-82)32-42-76-52-84(94-60-66(18-8)26-22-12-2)74(50-86(76)96-62-68(20-10)28-24-14-4)40-30-70-36-46-80(90-56-70)78-44-34-64(16-6)54-88-78/h15-16,29-58,65-68H,5-6,11-14,17-28,59-62H2,1-4,7-10H3/b39-29+,40-30+,41-31+,42-32+. The first-order valence-corrected chi connectivity index (χ1v) is 35.7. The fourth-order valence-corrected chi connectivity index (χ4v) is 11.3. The molecule has 6 aromatic heterocycles. The molecular weight excluding hydrogens is 1180 g/mol. The molecular formula is C86H104N6O4. The minimum atomic E-state index is 0.452. The molecule has 0 N–H and O–H groups in total. The predicted octanol–water partition coefficient (Wildman–Crippen LogP) is 23.4. The second-order valence-corrected chi connectivity index (χ2v) is 25.4. The maximum Gasteiger partial charge on any atom is 0.127 e. The molecule has 0 amide bonds. The van der Waals surface area contributed by atoms with Gasteiger partial charge in [0, 0.05) is 59.4 Å². The van der Waals surface area contributed by atoms with Crippen molar-refractivity contribution in [3.63, 3.8) is 0 Å². The van der Waals surface area contributed by atoms with Gasteiger partial charge in [0.1, 0.15) is 23.0 Å². The number of aromatic nitrogens is 6. The van der Waals surface area contributed by atoms with E-state index in [9.17, 15) is 0 Å². The number of unbranched alkanes of at least 4 members (excludes halogenated alkanes) is 4. The molecule has 8 aromatic rings. The molecule has 2 aromatic carbocycles. The minimum Gasteiger partial charge on any atom is -0.493 e. The Morgan fingerprint density at radius 2 is 0.500 bits per heavy atom. The zero-order valence-corrected chi connectivity index (χ0v) is 58.7. The van der Waals surface area contributed by atoms with Gasteiger partial charge in [-0.3, -0.25) is 29.9 Å². The first kappa shape index (κ1) is 72.8. The fraction of sp³-hybridized carbons (Fsp3) is 0.372. The van der Waals surface area contributed by atoms with Crippen LogP contribution in [-0.4, -0.2) is 56.3 Å². The van der Waals surface area contributed by atoms with E-state index in [4.69, 9.17) is 38.9 Å². The van der Waals surface area contributed by atoms with Crippen molar-refractivity contribution in [2.45, 2.75) is 158 Å². The van der Waals surface area contributed by atoms with Crippen molar-refractivity contribution in [1.29, 1.82) is 0 Å². The maximum atomic E-state index is 6.84. The first-order chi connectivity index (χ1) is 47.1. The van der Waals surface area contributed by atoms with Gasteiger partial charge < -0.3 is 18.9 Å². The van der Waals surface area contributed by atoms with Crippen LogP contribution in [-0.2, 0) is 0 Å². The monoisotopic (exact) mass is 1280 g/mol. The van der Waals surface area contributed by atoms with Gasteiger partial charge in [-0.25, -0.2) is 0 Å². The molecule has 0 spiro atoms. The average Bonchev–Trinajstić information content (AvgIpc) is 0.858. The van der Waals surface area contributed by atoms with Crippen molar-refractivity contribution in [1.82, 2.24) is 29.9 Å². The number of nitrogens with zero attached hydrogens (tertiary/aromatic N) is 6. The highest BCUT2D eigenvalue weighted by atomic mass is 16.5.